The van der Waals surface area contributed by atoms with Gasteiger partial charge in [0.1, 0.15) is 5.75 Å². The lowest BCUT2D eigenvalue weighted by Gasteiger charge is -2.34. The van der Waals surface area contributed by atoms with E-state index in [0.29, 0.717) is 44.4 Å². The van der Waals surface area contributed by atoms with E-state index in [0.717, 1.165) is 24.4 Å². The van der Waals surface area contributed by atoms with Crippen LogP contribution in [0.2, 0.25) is 0 Å². The molecule has 9 nitrogen and oxygen atoms in total. The first-order valence-electron chi connectivity index (χ1n) is 10.8. The van der Waals surface area contributed by atoms with Crippen LogP contribution in [0.25, 0.3) is 5.82 Å². The standard InChI is InChI=1S/C22H28N6O3S/c1-3-4-17-31-19-5-7-20(8-6-19)32(29,30)27-15-13-26(14-16-27)21-9-10-22(24-23-21)28-12-11-18(2)25-28/h5-12H,3-4,13-17H2,1-2H3. The van der Waals surface area contributed by atoms with Crippen molar-refractivity contribution in [2.75, 3.05) is 37.7 Å². The molecule has 4 rings (SSSR count). The molecule has 0 unspecified atom stereocenters. The normalized spacial score (nSPS) is 15.1. The van der Waals surface area contributed by atoms with E-state index in [9.17, 15) is 8.42 Å². The van der Waals surface area contributed by atoms with Crippen LogP contribution in [0.4, 0.5) is 5.82 Å². The van der Waals surface area contributed by atoms with Crippen LogP contribution >= 0.6 is 0 Å². The summed E-state index contributed by atoms with van der Waals surface area (Å²) in [5.41, 5.74) is 0.909. The van der Waals surface area contributed by atoms with Gasteiger partial charge in [0, 0.05) is 32.4 Å². The van der Waals surface area contributed by atoms with Crippen molar-refractivity contribution < 1.29 is 13.2 Å². The van der Waals surface area contributed by atoms with E-state index in [-0.39, 0.29) is 4.90 Å². The number of aromatic nitrogens is 4. The van der Waals surface area contributed by atoms with Crippen molar-refractivity contribution in [1.29, 1.82) is 0 Å². The van der Waals surface area contributed by atoms with Crippen molar-refractivity contribution in [3.05, 3.63) is 54.4 Å². The highest BCUT2D eigenvalue weighted by Gasteiger charge is 2.29. The van der Waals surface area contributed by atoms with Crippen LogP contribution in [0, 0.1) is 6.92 Å². The van der Waals surface area contributed by atoms with Crippen LogP contribution in [0.5, 0.6) is 5.75 Å². The molecule has 10 heteroatoms. The van der Waals surface area contributed by atoms with Crippen LogP contribution in [-0.4, -0.2) is 65.5 Å². The number of piperazine rings is 1. The van der Waals surface area contributed by atoms with E-state index in [1.54, 1.807) is 28.9 Å². The number of sulfonamides is 1. The lowest BCUT2D eigenvalue weighted by Crippen LogP contribution is -2.49. The maximum absolute atomic E-state index is 13.0. The van der Waals surface area contributed by atoms with Gasteiger partial charge in [0.15, 0.2) is 11.6 Å². The van der Waals surface area contributed by atoms with Gasteiger partial charge in [-0.15, -0.1) is 10.2 Å². The summed E-state index contributed by atoms with van der Waals surface area (Å²) in [5.74, 6) is 2.06. The Morgan fingerprint density at radius 2 is 1.62 bits per heavy atom. The second-order valence-electron chi connectivity index (χ2n) is 7.72. The molecule has 170 valence electrons. The topological polar surface area (TPSA) is 93.5 Å². The maximum Gasteiger partial charge on any atom is 0.243 e. The third-order valence-corrected chi connectivity index (χ3v) is 7.30. The Labute approximate surface area is 188 Å². The number of ether oxygens (including phenoxy) is 1. The molecule has 1 aliphatic heterocycles. The summed E-state index contributed by atoms with van der Waals surface area (Å²) in [7, 11) is -3.55. The number of anilines is 1. The van der Waals surface area contributed by atoms with Crippen molar-refractivity contribution >= 4 is 15.8 Å². The van der Waals surface area contributed by atoms with Gasteiger partial charge in [-0.1, -0.05) is 13.3 Å². The fourth-order valence-electron chi connectivity index (χ4n) is 3.50. The van der Waals surface area contributed by atoms with E-state index >= 15 is 0 Å². The van der Waals surface area contributed by atoms with E-state index < -0.39 is 10.0 Å². The molecule has 3 aromatic rings. The predicted molar refractivity (Wildman–Crippen MR) is 122 cm³/mol. The summed E-state index contributed by atoms with van der Waals surface area (Å²) in [4.78, 5) is 2.33. The third-order valence-electron chi connectivity index (χ3n) is 5.38. The Kier molecular flexibility index (Phi) is 6.71. The first-order valence-corrected chi connectivity index (χ1v) is 12.3. The van der Waals surface area contributed by atoms with Gasteiger partial charge >= 0.3 is 0 Å². The fourth-order valence-corrected chi connectivity index (χ4v) is 4.92. The molecular formula is C22H28N6O3S. The highest BCUT2D eigenvalue weighted by Crippen LogP contribution is 2.22. The summed E-state index contributed by atoms with van der Waals surface area (Å²) >= 11 is 0. The molecule has 0 bridgehead atoms. The van der Waals surface area contributed by atoms with Gasteiger partial charge in [0.25, 0.3) is 0 Å². The number of nitrogens with zero attached hydrogens (tertiary/aromatic N) is 6. The third kappa shape index (κ3) is 4.91. The van der Waals surface area contributed by atoms with Crippen LogP contribution in [0.1, 0.15) is 25.5 Å². The number of hydrogen-bond acceptors (Lipinski definition) is 7. The molecule has 0 N–H and O–H groups in total. The summed E-state index contributed by atoms with van der Waals surface area (Å²) in [6.07, 6.45) is 3.87. The Morgan fingerprint density at radius 1 is 0.938 bits per heavy atom. The summed E-state index contributed by atoms with van der Waals surface area (Å²) in [5, 5.41) is 12.9. The van der Waals surface area contributed by atoms with E-state index in [1.807, 2.05) is 36.2 Å². The van der Waals surface area contributed by atoms with E-state index in [4.69, 9.17) is 4.74 Å². The Morgan fingerprint density at radius 3 is 2.22 bits per heavy atom. The highest BCUT2D eigenvalue weighted by atomic mass is 32.2. The molecule has 3 heterocycles. The zero-order valence-electron chi connectivity index (χ0n) is 18.4. The van der Waals surface area contributed by atoms with Crippen molar-refractivity contribution in [2.45, 2.75) is 31.6 Å². The highest BCUT2D eigenvalue weighted by molar-refractivity contribution is 7.89. The van der Waals surface area contributed by atoms with Crippen LogP contribution in [-0.2, 0) is 10.0 Å². The molecule has 1 saturated heterocycles. The Balaban J connectivity index is 1.36. The molecule has 1 aliphatic rings. The second-order valence-corrected chi connectivity index (χ2v) is 9.65. The van der Waals surface area contributed by atoms with E-state index in [2.05, 4.69) is 22.2 Å². The first kappa shape index (κ1) is 22.2. The average molecular weight is 457 g/mol. The van der Waals surface area contributed by atoms with Crippen molar-refractivity contribution in [3.8, 4) is 11.6 Å². The number of rotatable bonds is 8. The summed E-state index contributed by atoms with van der Waals surface area (Å²) < 4.78 is 34.9. The number of benzene rings is 1. The molecule has 0 saturated carbocycles. The molecule has 1 aromatic carbocycles. The van der Waals surface area contributed by atoms with Crippen molar-refractivity contribution in [2.24, 2.45) is 0 Å². The molecule has 0 spiro atoms. The Bertz CT molecular complexity index is 1120. The number of hydrogen-bond donors (Lipinski definition) is 0. The SMILES string of the molecule is CCCCOc1ccc(S(=O)(=O)N2CCN(c3ccc(-n4ccc(C)n4)nn3)CC2)cc1. The average Bonchev–Trinajstić information content (AvgIpc) is 3.26. The van der Waals surface area contributed by atoms with Crippen molar-refractivity contribution in [1.82, 2.24) is 24.3 Å². The van der Waals surface area contributed by atoms with E-state index in [1.165, 1.54) is 4.31 Å². The minimum Gasteiger partial charge on any atom is -0.494 e. The molecule has 1 fully saturated rings. The van der Waals surface area contributed by atoms with Crippen molar-refractivity contribution in [3.63, 3.8) is 0 Å². The smallest absolute Gasteiger partial charge is 0.243 e. The van der Waals surface area contributed by atoms with Gasteiger partial charge in [-0.3, -0.25) is 0 Å². The largest absolute Gasteiger partial charge is 0.494 e. The zero-order chi connectivity index (χ0) is 22.6. The van der Waals surface area contributed by atoms with Gasteiger partial charge in [0.2, 0.25) is 10.0 Å². The lowest BCUT2D eigenvalue weighted by molar-refractivity contribution is 0.309. The molecular weight excluding hydrogens is 428 g/mol. The maximum atomic E-state index is 13.0. The molecule has 32 heavy (non-hydrogen) atoms. The lowest BCUT2D eigenvalue weighted by atomic mass is 10.3. The van der Waals surface area contributed by atoms with Gasteiger partial charge in [0.05, 0.1) is 17.2 Å². The van der Waals surface area contributed by atoms with Gasteiger partial charge in [-0.05, 0) is 55.8 Å². The molecule has 0 radical (unpaired) electrons. The minimum atomic E-state index is -3.55. The van der Waals surface area contributed by atoms with Crippen LogP contribution in [0.3, 0.4) is 0 Å². The number of unbranched alkanes of at least 4 members (excludes halogenated alkanes) is 1. The Hall–Kier alpha value is -2.98. The molecule has 2 aromatic heterocycles. The number of aryl methyl sites for hydroxylation is 1. The monoisotopic (exact) mass is 456 g/mol. The van der Waals surface area contributed by atoms with Crippen LogP contribution < -0.4 is 9.64 Å². The molecule has 0 atom stereocenters. The minimum absolute atomic E-state index is 0.285. The van der Waals surface area contributed by atoms with Gasteiger partial charge in [-0.2, -0.15) is 9.40 Å². The summed E-state index contributed by atoms with van der Waals surface area (Å²) in [6, 6.07) is 12.3. The quantitative estimate of drug-likeness (QED) is 0.481. The molecule has 0 amide bonds. The summed E-state index contributed by atoms with van der Waals surface area (Å²) in [6.45, 7) is 6.52. The first-order chi connectivity index (χ1) is 15.5. The predicted octanol–water partition coefficient (Wildman–Crippen LogP) is 2.66. The van der Waals surface area contributed by atoms with Crippen LogP contribution in [0.15, 0.2) is 53.6 Å². The van der Waals surface area contributed by atoms with Gasteiger partial charge < -0.3 is 9.64 Å². The molecule has 0 aliphatic carbocycles. The second kappa shape index (κ2) is 9.66. The van der Waals surface area contributed by atoms with Gasteiger partial charge in [-0.25, -0.2) is 13.1 Å². The fraction of sp³-hybridized carbons (Fsp3) is 0.409. The zero-order valence-corrected chi connectivity index (χ0v) is 19.2.